The summed E-state index contributed by atoms with van der Waals surface area (Å²) in [6.07, 6.45) is 2.23. The van der Waals surface area contributed by atoms with Gasteiger partial charge in [-0.05, 0) is 19.8 Å². The third-order valence-electron chi connectivity index (χ3n) is 2.39. The normalized spacial score (nSPS) is 17.5. The van der Waals surface area contributed by atoms with Gasteiger partial charge in [0.25, 0.3) is 5.91 Å². The van der Waals surface area contributed by atoms with Crippen LogP contribution in [0.1, 0.15) is 41.9 Å². The van der Waals surface area contributed by atoms with Gasteiger partial charge in [-0.25, -0.2) is 0 Å². The molecule has 1 unspecified atom stereocenters. The van der Waals surface area contributed by atoms with Gasteiger partial charge in [0, 0.05) is 18.0 Å². The number of aliphatic hydroxyl groups is 1. The molecule has 1 aromatic rings. The van der Waals surface area contributed by atoms with Crippen LogP contribution in [0.2, 0.25) is 0 Å². The molecule has 0 spiro atoms. The third-order valence-corrected chi connectivity index (χ3v) is 2.39. The Morgan fingerprint density at radius 3 is 3.13 bits per heavy atom. The summed E-state index contributed by atoms with van der Waals surface area (Å²) >= 11 is 0. The van der Waals surface area contributed by atoms with E-state index in [-0.39, 0.29) is 24.2 Å². The minimum absolute atomic E-state index is 0.0843. The first kappa shape index (κ1) is 10.2. The van der Waals surface area contributed by atoms with Crippen LogP contribution in [0.4, 0.5) is 0 Å². The highest BCUT2D eigenvalue weighted by Gasteiger charge is 2.28. The Bertz CT molecular complexity index is 357. The van der Waals surface area contributed by atoms with E-state index in [9.17, 15) is 4.79 Å². The summed E-state index contributed by atoms with van der Waals surface area (Å²) in [6, 6.07) is 1.41. The zero-order chi connectivity index (χ0) is 10.8. The molecule has 0 aromatic carbocycles. The first-order chi connectivity index (χ1) is 7.20. The van der Waals surface area contributed by atoms with Gasteiger partial charge in [-0.3, -0.25) is 4.79 Å². The van der Waals surface area contributed by atoms with E-state index >= 15 is 0 Å². The Labute approximate surface area is 87.5 Å². The van der Waals surface area contributed by atoms with Crippen molar-refractivity contribution < 1.29 is 14.4 Å². The lowest BCUT2D eigenvalue weighted by Gasteiger charge is -2.07. The van der Waals surface area contributed by atoms with Crippen molar-refractivity contribution in [3.63, 3.8) is 0 Å². The summed E-state index contributed by atoms with van der Waals surface area (Å²) in [7, 11) is 0. The Balaban J connectivity index is 1.98. The number of aliphatic hydroxyl groups excluding tert-OH is 1. The molecular formula is C10H14N2O3. The van der Waals surface area contributed by atoms with E-state index in [1.165, 1.54) is 0 Å². The summed E-state index contributed by atoms with van der Waals surface area (Å²) in [5.41, 5.74) is 0.289. The largest absolute Gasteiger partial charge is 0.394 e. The SMILES string of the molecule is CC(CO)NC(=O)c1cc(C2CC2)on1. The lowest BCUT2D eigenvalue weighted by atomic mass is 10.2. The highest BCUT2D eigenvalue weighted by Crippen LogP contribution is 2.40. The number of nitrogens with one attached hydrogen (secondary N) is 1. The van der Waals surface area contributed by atoms with Crippen LogP contribution in [-0.4, -0.2) is 28.8 Å². The van der Waals surface area contributed by atoms with Gasteiger partial charge in [0.2, 0.25) is 0 Å². The second-order valence-corrected chi connectivity index (χ2v) is 3.95. The molecule has 1 aromatic heterocycles. The molecule has 82 valence electrons. The van der Waals surface area contributed by atoms with Crippen molar-refractivity contribution in [2.45, 2.75) is 31.7 Å². The monoisotopic (exact) mass is 210 g/mol. The zero-order valence-electron chi connectivity index (χ0n) is 8.56. The average molecular weight is 210 g/mol. The Morgan fingerprint density at radius 2 is 2.53 bits per heavy atom. The standard InChI is InChI=1S/C10H14N2O3/c1-6(5-13)11-10(14)8-4-9(15-12-8)7-2-3-7/h4,6-7,13H,2-3,5H2,1H3,(H,11,14). The fourth-order valence-corrected chi connectivity index (χ4v) is 1.30. The highest BCUT2D eigenvalue weighted by atomic mass is 16.5. The summed E-state index contributed by atoms with van der Waals surface area (Å²) in [4.78, 5) is 11.5. The van der Waals surface area contributed by atoms with Crippen molar-refractivity contribution in [2.75, 3.05) is 6.61 Å². The molecule has 0 radical (unpaired) electrons. The van der Waals surface area contributed by atoms with Crippen LogP contribution in [0, 0.1) is 0 Å². The molecule has 1 fully saturated rings. The maximum atomic E-state index is 11.5. The van der Waals surface area contributed by atoms with Crippen molar-refractivity contribution >= 4 is 5.91 Å². The quantitative estimate of drug-likeness (QED) is 0.765. The number of rotatable bonds is 4. The predicted molar refractivity (Wildman–Crippen MR) is 52.5 cm³/mol. The average Bonchev–Trinajstić information content (AvgIpc) is 2.96. The van der Waals surface area contributed by atoms with Crippen molar-refractivity contribution in [2.24, 2.45) is 0 Å². The van der Waals surface area contributed by atoms with E-state index in [4.69, 9.17) is 9.63 Å². The first-order valence-electron chi connectivity index (χ1n) is 5.09. The molecule has 1 atom stereocenters. The number of carbonyl (C=O) groups excluding carboxylic acids is 1. The second-order valence-electron chi connectivity index (χ2n) is 3.95. The molecule has 1 saturated carbocycles. The molecule has 5 heteroatoms. The molecule has 2 rings (SSSR count). The van der Waals surface area contributed by atoms with Gasteiger partial charge < -0.3 is 14.9 Å². The van der Waals surface area contributed by atoms with E-state index in [0.717, 1.165) is 18.6 Å². The Kier molecular flexibility index (Phi) is 2.73. The maximum absolute atomic E-state index is 11.5. The van der Waals surface area contributed by atoms with Gasteiger partial charge in [0.1, 0.15) is 5.76 Å². The fourth-order valence-electron chi connectivity index (χ4n) is 1.30. The van der Waals surface area contributed by atoms with Gasteiger partial charge in [-0.15, -0.1) is 0 Å². The minimum Gasteiger partial charge on any atom is -0.394 e. The van der Waals surface area contributed by atoms with Gasteiger partial charge >= 0.3 is 0 Å². The molecule has 15 heavy (non-hydrogen) atoms. The van der Waals surface area contributed by atoms with Crippen LogP contribution in [-0.2, 0) is 0 Å². The van der Waals surface area contributed by atoms with Gasteiger partial charge in [-0.2, -0.15) is 0 Å². The number of hydrogen-bond acceptors (Lipinski definition) is 4. The van der Waals surface area contributed by atoms with E-state index in [1.54, 1.807) is 13.0 Å². The van der Waals surface area contributed by atoms with Crippen LogP contribution in [0.25, 0.3) is 0 Å². The van der Waals surface area contributed by atoms with Crippen LogP contribution in [0.3, 0.4) is 0 Å². The number of carbonyl (C=O) groups is 1. The summed E-state index contributed by atoms with van der Waals surface area (Å²) in [6.45, 7) is 1.64. The molecule has 5 nitrogen and oxygen atoms in total. The van der Waals surface area contributed by atoms with E-state index in [1.807, 2.05) is 0 Å². The van der Waals surface area contributed by atoms with Crippen molar-refractivity contribution in [3.05, 3.63) is 17.5 Å². The van der Waals surface area contributed by atoms with E-state index in [0.29, 0.717) is 5.92 Å². The number of hydrogen-bond donors (Lipinski definition) is 2. The van der Waals surface area contributed by atoms with Crippen LogP contribution >= 0.6 is 0 Å². The minimum atomic E-state index is -0.299. The maximum Gasteiger partial charge on any atom is 0.273 e. The lowest BCUT2D eigenvalue weighted by Crippen LogP contribution is -2.35. The highest BCUT2D eigenvalue weighted by molar-refractivity contribution is 5.92. The Morgan fingerprint density at radius 1 is 1.80 bits per heavy atom. The van der Waals surface area contributed by atoms with Crippen molar-refractivity contribution in [1.82, 2.24) is 10.5 Å². The molecular weight excluding hydrogens is 196 g/mol. The van der Waals surface area contributed by atoms with Gasteiger partial charge in [0.05, 0.1) is 6.61 Å². The van der Waals surface area contributed by atoms with E-state index in [2.05, 4.69) is 10.5 Å². The van der Waals surface area contributed by atoms with Gasteiger partial charge in [-0.1, -0.05) is 5.16 Å². The van der Waals surface area contributed by atoms with E-state index < -0.39 is 0 Å². The molecule has 0 bridgehead atoms. The lowest BCUT2D eigenvalue weighted by molar-refractivity contribution is 0.0913. The molecule has 0 saturated heterocycles. The van der Waals surface area contributed by atoms with Crippen LogP contribution in [0.5, 0.6) is 0 Å². The van der Waals surface area contributed by atoms with Crippen molar-refractivity contribution in [3.8, 4) is 0 Å². The fraction of sp³-hybridized carbons (Fsp3) is 0.600. The predicted octanol–water partition coefficient (Wildman–Crippen LogP) is 0.663. The van der Waals surface area contributed by atoms with Crippen LogP contribution < -0.4 is 5.32 Å². The molecule has 1 aliphatic rings. The van der Waals surface area contributed by atoms with Crippen LogP contribution in [0.15, 0.2) is 10.6 Å². The molecule has 0 aliphatic heterocycles. The number of nitrogens with zero attached hydrogens (tertiary/aromatic N) is 1. The number of amides is 1. The van der Waals surface area contributed by atoms with Gasteiger partial charge in [0.15, 0.2) is 5.69 Å². The summed E-state index contributed by atoms with van der Waals surface area (Å²) in [5.74, 6) is 0.943. The third kappa shape index (κ3) is 2.36. The topological polar surface area (TPSA) is 75.4 Å². The molecule has 2 N–H and O–H groups in total. The summed E-state index contributed by atoms with van der Waals surface area (Å²) < 4.78 is 5.05. The molecule has 1 heterocycles. The second kappa shape index (κ2) is 4.02. The summed E-state index contributed by atoms with van der Waals surface area (Å²) in [5, 5.41) is 15.1. The van der Waals surface area contributed by atoms with Crippen molar-refractivity contribution in [1.29, 1.82) is 0 Å². The zero-order valence-corrected chi connectivity index (χ0v) is 8.56. The number of aromatic nitrogens is 1. The Hall–Kier alpha value is -1.36. The smallest absolute Gasteiger partial charge is 0.273 e. The first-order valence-corrected chi connectivity index (χ1v) is 5.09. The molecule has 1 aliphatic carbocycles. The molecule has 1 amide bonds.